The molecule has 3 aromatic carbocycles. The van der Waals surface area contributed by atoms with Crippen LogP contribution < -0.4 is 10.3 Å². The van der Waals surface area contributed by atoms with Crippen molar-refractivity contribution < 1.29 is 23.6 Å². The summed E-state index contributed by atoms with van der Waals surface area (Å²) in [5, 5.41) is 17.7. The summed E-state index contributed by atoms with van der Waals surface area (Å²) in [4.78, 5) is 41.0. The number of halogens is 2. The van der Waals surface area contributed by atoms with Gasteiger partial charge in [0.05, 0.1) is 33.6 Å². The first kappa shape index (κ1) is 27.0. The molecule has 0 amide bonds. The molecule has 2 heterocycles. The number of furan rings is 1. The van der Waals surface area contributed by atoms with Gasteiger partial charge in [-0.15, -0.1) is 0 Å². The third kappa shape index (κ3) is 5.18. The Balaban J connectivity index is 1.63. The van der Waals surface area contributed by atoms with E-state index >= 15 is 0 Å². The third-order valence-electron chi connectivity index (χ3n) is 5.85. The lowest BCUT2D eigenvalue weighted by Crippen LogP contribution is -2.25. The molecule has 0 fully saturated rings. The van der Waals surface area contributed by atoms with Gasteiger partial charge in [-0.3, -0.25) is 14.9 Å². The zero-order valence-electron chi connectivity index (χ0n) is 20.8. The molecule has 0 saturated heterocycles. The van der Waals surface area contributed by atoms with Crippen molar-refractivity contribution in [2.24, 2.45) is 5.10 Å². The fourth-order valence-electron chi connectivity index (χ4n) is 3.96. The maximum atomic E-state index is 13.5. The Bertz CT molecular complexity index is 1900. The number of aromatic nitrogens is 2. The lowest BCUT2D eigenvalue weighted by atomic mass is 10.2. The van der Waals surface area contributed by atoms with Crippen LogP contribution in [-0.2, 0) is 9.53 Å². The van der Waals surface area contributed by atoms with Crippen molar-refractivity contribution in [3.8, 4) is 17.3 Å². The largest absolute Gasteiger partial charge is 0.471 e. The van der Waals surface area contributed by atoms with Gasteiger partial charge < -0.3 is 13.9 Å². The van der Waals surface area contributed by atoms with Crippen molar-refractivity contribution in [3.63, 3.8) is 0 Å². The first-order valence-corrected chi connectivity index (χ1v) is 12.8. The number of carbonyl (C=O) groups excluding carboxylic acids is 1. The SMILES string of the molecule is COC(=O)[C@@H](C)Oc1c(Br)cc(C=Nn2c(-c3cc4cc(Cl)ccc4o3)nc3ccccc3c2=O)cc1[N+](=O)[O-]. The predicted molar refractivity (Wildman–Crippen MR) is 152 cm³/mol. The highest BCUT2D eigenvalue weighted by molar-refractivity contribution is 9.10. The second-order valence-corrected chi connectivity index (χ2v) is 9.79. The number of nitro groups is 1. The molecule has 0 radical (unpaired) electrons. The van der Waals surface area contributed by atoms with E-state index < -0.39 is 28.2 Å². The molecule has 202 valence electrons. The van der Waals surface area contributed by atoms with Crippen LogP contribution in [0, 0.1) is 10.1 Å². The molecule has 0 aliphatic heterocycles. The molecule has 0 spiro atoms. The second kappa shape index (κ2) is 10.9. The van der Waals surface area contributed by atoms with Crippen LogP contribution in [0.25, 0.3) is 33.5 Å². The molecule has 1 atom stereocenters. The number of ether oxygens (including phenoxy) is 2. The van der Waals surface area contributed by atoms with E-state index in [4.69, 9.17) is 20.8 Å². The maximum absolute atomic E-state index is 13.5. The van der Waals surface area contributed by atoms with Gasteiger partial charge in [0.25, 0.3) is 5.56 Å². The number of fused-ring (bicyclic) bond motifs is 2. The Kier molecular flexibility index (Phi) is 7.37. The van der Waals surface area contributed by atoms with Crippen molar-refractivity contribution in [2.45, 2.75) is 13.0 Å². The Labute approximate surface area is 238 Å². The molecule has 0 aliphatic carbocycles. The minimum absolute atomic E-state index is 0.118. The van der Waals surface area contributed by atoms with Crippen LogP contribution in [0.5, 0.6) is 5.75 Å². The van der Waals surface area contributed by atoms with E-state index in [1.165, 1.54) is 32.4 Å². The number of methoxy groups -OCH3 is 1. The van der Waals surface area contributed by atoms with E-state index in [0.717, 1.165) is 4.68 Å². The van der Waals surface area contributed by atoms with Gasteiger partial charge in [-0.2, -0.15) is 9.78 Å². The highest BCUT2D eigenvalue weighted by Gasteiger charge is 2.25. The van der Waals surface area contributed by atoms with Crippen molar-refractivity contribution in [1.82, 2.24) is 9.66 Å². The fourth-order valence-corrected chi connectivity index (χ4v) is 4.70. The molecular formula is C27H18BrClN4O7. The number of nitrogens with zero attached hydrogens (tertiary/aromatic N) is 4. The molecule has 0 bridgehead atoms. The molecule has 5 aromatic rings. The lowest BCUT2D eigenvalue weighted by Gasteiger charge is -2.14. The van der Waals surface area contributed by atoms with Gasteiger partial charge in [0.1, 0.15) is 5.58 Å². The number of benzene rings is 3. The molecule has 0 aliphatic rings. The first-order valence-electron chi connectivity index (χ1n) is 11.6. The van der Waals surface area contributed by atoms with Crippen molar-refractivity contribution in [3.05, 3.63) is 96.2 Å². The molecule has 11 nitrogen and oxygen atoms in total. The third-order valence-corrected chi connectivity index (χ3v) is 6.67. The van der Waals surface area contributed by atoms with E-state index in [9.17, 15) is 19.7 Å². The molecule has 40 heavy (non-hydrogen) atoms. The van der Waals surface area contributed by atoms with Gasteiger partial charge in [0.2, 0.25) is 11.6 Å². The van der Waals surface area contributed by atoms with Gasteiger partial charge in [0.15, 0.2) is 11.9 Å². The van der Waals surface area contributed by atoms with Gasteiger partial charge in [-0.25, -0.2) is 9.78 Å². The highest BCUT2D eigenvalue weighted by atomic mass is 79.9. The number of hydrogen-bond acceptors (Lipinski definition) is 9. The van der Waals surface area contributed by atoms with E-state index in [1.807, 2.05) is 0 Å². The van der Waals surface area contributed by atoms with Crippen molar-refractivity contribution in [1.29, 1.82) is 0 Å². The van der Waals surface area contributed by atoms with Gasteiger partial charge in [-0.1, -0.05) is 23.7 Å². The number of esters is 1. The standard InChI is InChI=1S/C27H18BrClN4O7/c1-14(27(35)38-2)39-24-19(28)9-15(10-21(24)33(36)37)13-30-32-25(31-20-6-4-3-5-18(20)26(32)34)23-12-16-11-17(29)7-8-22(16)40-23/h3-14H,1-2H3/t14-/m1/s1. The smallest absolute Gasteiger partial charge is 0.346 e. The van der Waals surface area contributed by atoms with Gasteiger partial charge in [0, 0.05) is 22.0 Å². The molecular weight excluding hydrogens is 608 g/mol. The van der Waals surface area contributed by atoms with Crippen LogP contribution in [0.4, 0.5) is 5.69 Å². The Morgan fingerprint density at radius 2 is 2.00 bits per heavy atom. The minimum Gasteiger partial charge on any atom is -0.471 e. The van der Waals surface area contributed by atoms with Crippen LogP contribution in [0.15, 0.2) is 79.4 Å². The Morgan fingerprint density at radius 3 is 2.75 bits per heavy atom. The predicted octanol–water partition coefficient (Wildman–Crippen LogP) is 5.96. The summed E-state index contributed by atoms with van der Waals surface area (Å²) >= 11 is 9.38. The first-order chi connectivity index (χ1) is 19.2. The highest BCUT2D eigenvalue weighted by Crippen LogP contribution is 2.37. The lowest BCUT2D eigenvalue weighted by molar-refractivity contribution is -0.386. The molecule has 0 unspecified atom stereocenters. The van der Waals surface area contributed by atoms with E-state index in [-0.39, 0.29) is 27.4 Å². The summed E-state index contributed by atoms with van der Waals surface area (Å²) in [7, 11) is 1.18. The normalized spacial score (nSPS) is 12.2. The summed E-state index contributed by atoms with van der Waals surface area (Å²) in [6.07, 6.45) is 0.176. The summed E-state index contributed by atoms with van der Waals surface area (Å²) in [5.41, 5.74) is 0.334. The topological polar surface area (TPSA) is 139 Å². The van der Waals surface area contributed by atoms with Crippen molar-refractivity contribution in [2.75, 3.05) is 7.11 Å². The van der Waals surface area contributed by atoms with E-state index in [1.54, 1.807) is 48.5 Å². The van der Waals surface area contributed by atoms with Crippen LogP contribution in [0.3, 0.4) is 0 Å². The molecule has 5 rings (SSSR count). The summed E-state index contributed by atoms with van der Waals surface area (Å²) in [5.74, 6) is -0.473. The minimum atomic E-state index is -1.09. The monoisotopic (exact) mass is 624 g/mol. The number of hydrogen-bond donors (Lipinski definition) is 0. The van der Waals surface area contributed by atoms with Crippen LogP contribution in [0.1, 0.15) is 12.5 Å². The summed E-state index contributed by atoms with van der Waals surface area (Å²) < 4.78 is 17.3. The fraction of sp³-hybridized carbons (Fsp3) is 0.111. The van der Waals surface area contributed by atoms with Crippen LogP contribution in [0.2, 0.25) is 5.02 Å². The van der Waals surface area contributed by atoms with Gasteiger partial charge in [-0.05, 0) is 65.3 Å². The number of rotatable bonds is 7. The number of nitro benzene ring substituents is 1. The van der Waals surface area contributed by atoms with Crippen molar-refractivity contribution >= 4 is 67.3 Å². The van der Waals surface area contributed by atoms with Crippen LogP contribution in [-0.4, -0.2) is 40.0 Å². The average Bonchev–Trinajstić information content (AvgIpc) is 3.36. The Morgan fingerprint density at radius 1 is 1.23 bits per heavy atom. The zero-order valence-corrected chi connectivity index (χ0v) is 23.2. The van der Waals surface area contributed by atoms with E-state index in [2.05, 4.69) is 30.8 Å². The summed E-state index contributed by atoms with van der Waals surface area (Å²) in [6.45, 7) is 1.41. The average molecular weight is 626 g/mol. The second-order valence-electron chi connectivity index (χ2n) is 8.50. The quantitative estimate of drug-likeness (QED) is 0.0935. The number of carbonyl (C=O) groups is 1. The van der Waals surface area contributed by atoms with Crippen LogP contribution >= 0.6 is 27.5 Å². The molecule has 0 N–H and O–H groups in total. The van der Waals surface area contributed by atoms with Gasteiger partial charge >= 0.3 is 11.7 Å². The maximum Gasteiger partial charge on any atom is 0.346 e. The molecule has 13 heteroatoms. The summed E-state index contributed by atoms with van der Waals surface area (Å²) in [6, 6.07) is 16.3. The zero-order chi connectivity index (χ0) is 28.6. The number of para-hydroxylation sites is 1. The van der Waals surface area contributed by atoms with E-state index in [0.29, 0.717) is 26.9 Å². The molecule has 0 saturated carbocycles. The Hall–Kier alpha value is -4.55. The molecule has 2 aromatic heterocycles.